The highest BCUT2D eigenvalue weighted by Crippen LogP contribution is 2.17. The molecule has 0 radical (unpaired) electrons. The molecule has 1 aromatic rings. The third kappa shape index (κ3) is 4.51. The molecular weight excluding hydrogens is 298 g/mol. The number of carbonyl (C=O) groups is 1. The summed E-state index contributed by atoms with van der Waals surface area (Å²) < 4.78 is 26.2. The van der Waals surface area contributed by atoms with Crippen molar-refractivity contribution in [3.05, 3.63) is 54.6 Å². The Morgan fingerprint density at radius 2 is 1.90 bits per heavy atom. The van der Waals surface area contributed by atoms with Crippen molar-refractivity contribution in [2.24, 2.45) is 5.92 Å². The molecule has 1 aromatic carbocycles. The fourth-order valence-corrected chi connectivity index (χ4v) is 2.97. The minimum Gasteiger partial charge on any atom is -0.274 e. The molecule has 0 spiro atoms. The van der Waals surface area contributed by atoms with Crippen LogP contribution in [-0.2, 0) is 14.8 Å². The maximum Gasteiger partial charge on any atom is 0.264 e. The van der Waals surface area contributed by atoms with E-state index < -0.39 is 21.8 Å². The van der Waals surface area contributed by atoms with Crippen LogP contribution in [0.3, 0.4) is 0 Å². The highest BCUT2D eigenvalue weighted by molar-refractivity contribution is 7.90. The fourth-order valence-electron chi connectivity index (χ4n) is 1.62. The van der Waals surface area contributed by atoms with Crippen LogP contribution in [0, 0.1) is 5.92 Å². The Kier molecular flexibility index (Phi) is 5.98. The molecule has 0 saturated carbocycles. The van der Waals surface area contributed by atoms with Crippen molar-refractivity contribution in [2.45, 2.75) is 17.7 Å². The Balaban J connectivity index is 2.92. The van der Waals surface area contributed by atoms with Gasteiger partial charge in [-0.15, -0.1) is 13.2 Å². The van der Waals surface area contributed by atoms with Crippen molar-refractivity contribution in [1.29, 1.82) is 0 Å². The molecule has 20 heavy (non-hydrogen) atoms. The van der Waals surface area contributed by atoms with Crippen LogP contribution in [0.1, 0.15) is 12.8 Å². The van der Waals surface area contributed by atoms with E-state index in [1.54, 1.807) is 18.2 Å². The highest BCUT2D eigenvalue weighted by atomic mass is 35.5. The van der Waals surface area contributed by atoms with E-state index in [9.17, 15) is 13.2 Å². The first kappa shape index (κ1) is 16.5. The molecule has 0 aliphatic heterocycles. The van der Waals surface area contributed by atoms with Crippen molar-refractivity contribution in [2.75, 3.05) is 0 Å². The minimum atomic E-state index is -3.92. The molecule has 0 aliphatic rings. The van der Waals surface area contributed by atoms with Crippen LogP contribution in [0.2, 0.25) is 5.02 Å². The van der Waals surface area contributed by atoms with Crippen molar-refractivity contribution >= 4 is 27.5 Å². The summed E-state index contributed by atoms with van der Waals surface area (Å²) in [6, 6.07) is 5.72. The van der Waals surface area contributed by atoms with Crippen LogP contribution in [-0.4, -0.2) is 14.3 Å². The van der Waals surface area contributed by atoms with Gasteiger partial charge in [-0.05, 0) is 31.0 Å². The van der Waals surface area contributed by atoms with Gasteiger partial charge in [0.05, 0.1) is 4.90 Å². The summed E-state index contributed by atoms with van der Waals surface area (Å²) in [7, 11) is -3.92. The Morgan fingerprint density at radius 3 is 2.40 bits per heavy atom. The molecule has 108 valence electrons. The number of nitrogens with one attached hydrogen (secondary N) is 1. The number of amides is 1. The average molecular weight is 314 g/mol. The quantitative estimate of drug-likeness (QED) is 0.787. The van der Waals surface area contributed by atoms with Crippen molar-refractivity contribution in [3.63, 3.8) is 0 Å². The zero-order valence-corrected chi connectivity index (χ0v) is 12.5. The number of hydrogen-bond donors (Lipinski definition) is 1. The summed E-state index contributed by atoms with van der Waals surface area (Å²) in [4.78, 5) is 11.9. The molecule has 0 bridgehead atoms. The molecule has 0 aliphatic carbocycles. The van der Waals surface area contributed by atoms with Gasteiger partial charge in [-0.2, -0.15) is 0 Å². The van der Waals surface area contributed by atoms with Gasteiger partial charge in [-0.25, -0.2) is 13.1 Å². The molecule has 0 saturated heterocycles. The molecular formula is C14H16ClNO3S. The second-order valence-corrected chi connectivity index (χ2v) is 6.29. The molecule has 0 unspecified atom stereocenters. The lowest BCUT2D eigenvalue weighted by Gasteiger charge is -2.13. The largest absolute Gasteiger partial charge is 0.274 e. The lowest BCUT2D eigenvalue weighted by molar-refractivity contribution is -0.123. The van der Waals surface area contributed by atoms with E-state index >= 15 is 0 Å². The zero-order valence-electron chi connectivity index (χ0n) is 10.9. The number of rotatable bonds is 7. The summed E-state index contributed by atoms with van der Waals surface area (Å²) in [5.41, 5.74) is 0. The van der Waals surface area contributed by atoms with E-state index in [2.05, 4.69) is 13.2 Å². The Labute approximate surface area is 124 Å². The van der Waals surface area contributed by atoms with Crippen LogP contribution < -0.4 is 4.72 Å². The van der Waals surface area contributed by atoms with Gasteiger partial charge in [0.1, 0.15) is 0 Å². The standard InChI is InChI=1S/C14H16ClNO3S/c1-3-6-11(7-4-2)14(17)16-20(18,19)13-9-5-8-12(15)10-13/h3-5,8-11H,1-2,6-7H2,(H,16,17). The molecule has 1 amide bonds. The van der Waals surface area contributed by atoms with E-state index in [1.165, 1.54) is 18.2 Å². The summed E-state index contributed by atoms with van der Waals surface area (Å²) in [6.07, 6.45) is 3.89. The van der Waals surface area contributed by atoms with Gasteiger partial charge in [0.15, 0.2) is 0 Å². The maximum absolute atomic E-state index is 12.1. The maximum atomic E-state index is 12.1. The van der Waals surface area contributed by atoms with Gasteiger partial charge in [0.25, 0.3) is 10.0 Å². The van der Waals surface area contributed by atoms with Crippen LogP contribution in [0.5, 0.6) is 0 Å². The Morgan fingerprint density at radius 1 is 1.30 bits per heavy atom. The molecule has 0 fully saturated rings. The second kappa shape index (κ2) is 7.26. The van der Waals surface area contributed by atoms with E-state index in [0.717, 1.165) is 0 Å². The molecule has 1 rings (SSSR count). The summed E-state index contributed by atoms with van der Waals surface area (Å²) in [5, 5.41) is 0.286. The number of halogens is 1. The summed E-state index contributed by atoms with van der Waals surface area (Å²) in [6.45, 7) is 7.10. The lowest BCUT2D eigenvalue weighted by Crippen LogP contribution is -2.35. The third-order valence-corrected chi connectivity index (χ3v) is 4.19. The van der Waals surface area contributed by atoms with E-state index in [0.29, 0.717) is 12.8 Å². The normalized spacial score (nSPS) is 11.1. The molecule has 0 aromatic heterocycles. The lowest BCUT2D eigenvalue weighted by atomic mass is 10.0. The number of allylic oxidation sites excluding steroid dienone is 2. The number of carbonyl (C=O) groups excluding carboxylic acids is 1. The van der Waals surface area contributed by atoms with E-state index in [1.807, 2.05) is 4.72 Å². The van der Waals surface area contributed by atoms with Gasteiger partial charge in [-0.1, -0.05) is 29.8 Å². The van der Waals surface area contributed by atoms with Crippen molar-refractivity contribution in [3.8, 4) is 0 Å². The third-order valence-electron chi connectivity index (χ3n) is 2.61. The number of sulfonamides is 1. The van der Waals surface area contributed by atoms with Gasteiger partial charge in [-0.3, -0.25) is 4.79 Å². The fraction of sp³-hybridized carbons (Fsp3) is 0.214. The van der Waals surface area contributed by atoms with E-state index in [-0.39, 0.29) is 9.92 Å². The smallest absolute Gasteiger partial charge is 0.264 e. The van der Waals surface area contributed by atoms with Gasteiger partial charge in [0, 0.05) is 10.9 Å². The molecule has 1 N–H and O–H groups in total. The van der Waals surface area contributed by atoms with E-state index in [4.69, 9.17) is 11.6 Å². The number of hydrogen-bond acceptors (Lipinski definition) is 3. The average Bonchev–Trinajstić information content (AvgIpc) is 2.38. The summed E-state index contributed by atoms with van der Waals surface area (Å²) in [5.74, 6) is -1.08. The monoisotopic (exact) mass is 313 g/mol. The first-order chi connectivity index (χ1) is 9.40. The van der Waals surface area contributed by atoms with Crippen LogP contribution in [0.15, 0.2) is 54.5 Å². The first-order valence-electron chi connectivity index (χ1n) is 5.94. The summed E-state index contributed by atoms with van der Waals surface area (Å²) >= 11 is 5.75. The number of benzene rings is 1. The highest BCUT2D eigenvalue weighted by Gasteiger charge is 2.23. The first-order valence-corrected chi connectivity index (χ1v) is 7.81. The molecule has 4 nitrogen and oxygen atoms in total. The Hall–Kier alpha value is -1.59. The van der Waals surface area contributed by atoms with Gasteiger partial charge in [0.2, 0.25) is 5.91 Å². The minimum absolute atomic E-state index is 0.0469. The SMILES string of the molecule is C=CCC(CC=C)C(=O)NS(=O)(=O)c1cccc(Cl)c1. The van der Waals surface area contributed by atoms with Gasteiger partial charge >= 0.3 is 0 Å². The van der Waals surface area contributed by atoms with Gasteiger partial charge < -0.3 is 0 Å². The van der Waals surface area contributed by atoms with Crippen LogP contribution >= 0.6 is 11.6 Å². The van der Waals surface area contributed by atoms with Crippen molar-refractivity contribution in [1.82, 2.24) is 4.72 Å². The topological polar surface area (TPSA) is 63.2 Å². The van der Waals surface area contributed by atoms with Crippen LogP contribution in [0.4, 0.5) is 0 Å². The predicted octanol–water partition coefficient (Wildman–Crippen LogP) is 2.91. The van der Waals surface area contributed by atoms with Crippen molar-refractivity contribution < 1.29 is 13.2 Å². The predicted molar refractivity (Wildman–Crippen MR) is 79.9 cm³/mol. The Bertz CT molecular complexity index is 601. The molecule has 0 heterocycles. The zero-order chi connectivity index (χ0) is 15.2. The molecule has 0 atom stereocenters. The van der Waals surface area contributed by atoms with Crippen LogP contribution in [0.25, 0.3) is 0 Å². The second-order valence-electron chi connectivity index (χ2n) is 4.17. The molecule has 6 heteroatoms.